The van der Waals surface area contributed by atoms with Gasteiger partial charge in [-0.2, -0.15) is 0 Å². The molecule has 0 saturated carbocycles. The van der Waals surface area contributed by atoms with Crippen LogP contribution in [0.2, 0.25) is 0 Å². The van der Waals surface area contributed by atoms with Crippen LogP contribution in [0.4, 0.5) is 0 Å². The fourth-order valence-corrected chi connectivity index (χ4v) is 8.28. The van der Waals surface area contributed by atoms with Crippen LogP contribution in [0.1, 0.15) is 211 Å². The van der Waals surface area contributed by atoms with Crippen molar-refractivity contribution in [3.05, 3.63) is 56.6 Å². The van der Waals surface area contributed by atoms with Crippen LogP contribution in [-0.4, -0.2) is 4.89 Å². The average molecular weight is 699 g/mol. The van der Waals surface area contributed by atoms with Gasteiger partial charge in [0.25, 0.3) is 0 Å². The van der Waals surface area contributed by atoms with Gasteiger partial charge in [-0.1, -0.05) is 166 Å². The molecule has 2 aromatic carbocycles. The number of phosphoric ester groups is 1. The Morgan fingerprint density at radius 1 is 0.367 bits per heavy atom. The van der Waals surface area contributed by atoms with E-state index >= 15 is 0 Å². The van der Waals surface area contributed by atoms with E-state index in [-0.39, 0.29) is 32.5 Å². The molecular weight excluding hydrogens is 623 g/mol. The van der Waals surface area contributed by atoms with Gasteiger partial charge >= 0.3 is 7.82 Å². The van der Waals surface area contributed by atoms with Gasteiger partial charge in [-0.05, 0) is 88.8 Å². The van der Waals surface area contributed by atoms with E-state index < -0.39 is 18.7 Å². The lowest BCUT2D eigenvalue weighted by atomic mass is 9.64. The first-order valence-corrected chi connectivity index (χ1v) is 19.8. The Kier molecular flexibility index (Phi) is 11.3. The van der Waals surface area contributed by atoms with Crippen molar-refractivity contribution in [2.24, 2.45) is 0 Å². The molecule has 5 heteroatoms. The van der Waals surface area contributed by atoms with Crippen molar-refractivity contribution in [3.8, 4) is 11.5 Å². The van der Waals surface area contributed by atoms with Gasteiger partial charge in [0.15, 0.2) is 0 Å². The van der Waals surface area contributed by atoms with Crippen LogP contribution < -0.4 is 9.05 Å². The predicted molar refractivity (Wildman–Crippen MR) is 214 cm³/mol. The standard InChI is InChI=1S/C44H75O4P/c1-37(2,3)27-25-29(33(41(13,14)15)35(43(19,20)21)31(27)39(7,8)9)47-49(45,46)48-30-26-28(38(4,5)6)32(40(10,11)12)36(44(22,23)24)34(30)42(16,17)18/h25-26H,1-24H3,(H,45,46). The molecule has 0 saturated heterocycles. The van der Waals surface area contributed by atoms with Gasteiger partial charge < -0.3 is 9.05 Å². The quantitative estimate of drug-likeness (QED) is 0.323. The summed E-state index contributed by atoms with van der Waals surface area (Å²) in [6, 6.07) is 4.05. The molecule has 0 aromatic heterocycles. The van der Waals surface area contributed by atoms with Gasteiger partial charge in [-0.15, -0.1) is 0 Å². The van der Waals surface area contributed by atoms with E-state index in [0.717, 1.165) is 22.3 Å². The summed E-state index contributed by atoms with van der Waals surface area (Å²) in [6.45, 7) is 53.1. The van der Waals surface area contributed by atoms with Gasteiger partial charge in [0.1, 0.15) is 11.5 Å². The second-order valence-corrected chi connectivity index (χ2v) is 24.0. The summed E-state index contributed by atoms with van der Waals surface area (Å²) in [7, 11) is -4.73. The molecule has 0 spiro atoms. The Bertz CT molecular complexity index is 1470. The van der Waals surface area contributed by atoms with E-state index in [1.165, 1.54) is 22.3 Å². The van der Waals surface area contributed by atoms with Crippen LogP contribution in [-0.2, 0) is 47.9 Å². The molecule has 2 rings (SSSR count). The molecule has 0 bridgehead atoms. The molecule has 49 heavy (non-hydrogen) atoms. The first kappa shape index (κ1) is 43.4. The van der Waals surface area contributed by atoms with Crippen molar-refractivity contribution < 1.29 is 18.5 Å². The topological polar surface area (TPSA) is 55.8 Å². The maximum atomic E-state index is 14.6. The summed E-state index contributed by atoms with van der Waals surface area (Å²) in [5, 5.41) is 0. The zero-order valence-electron chi connectivity index (χ0n) is 36.3. The van der Waals surface area contributed by atoms with Gasteiger partial charge in [0.2, 0.25) is 0 Å². The lowest BCUT2D eigenvalue weighted by Gasteiger charge is -2.42. The highest BCUT2D eigenvalue weighted by atomic mass is 31.2. The maximum Gasteiger partial charge on any atom is 0.584 e. The predicted octanol–water partition coefficient (Wildman–Crippen LogP) is 13.6. The molecule has 0 aliphatic heterocycles. The molecule has 0 heterocycles. The van der Waals surface area contributed by atoms with Crippen LogP contribution in [0.5, 0.6) is 11.5 Å². The third kappa shape index (κ3) is 9.77. The Labute approximate surface area is 303 Å². The lowest BCUT2D eigenvalue weighted by molar-refractivity contribution is 0.283. The average Bonchev–Trinajstić information content (AvgIpc) is 2.76. The molecule has 0 aliphatic carbocycles. The van der Waals surface area contributed by atoms with Crippen LogP contribution in [0.25, 0.3) is 0 Å². The van der Waals surface area contributed by atoms with Gasteiger partial charge in [-0.3, -0.25) is 4.89 Å². The van der Waals surface area contributed by atoms with Crippen molar-refractivity contribution in [1.82, 2.24) is 0 Å². The Morgan fingerprint density at radius 3 is 0.735 bits per heavy atom. The van der Waals surface area contributed by atoms with E-state index in [1.807, 2.05) is 12.1 Å². The van der Waals surface area contributed by atoms with Gasteiger partial charge in [0, 0.05) is 11.1 Å². The zero-order valence-corrected chi connectivity index (χ0v) is 37.2. The molecule has 0 aliphatic rings. The van der Waals surface area contributed by atoms with E-state index in [2.05, 4.69) is 166 Å². The third-order valence-electron chi connectivity index (χ3n) is 9.13. The molecular formula is C44H75O4P. The number of benzene rings is 2. The molecule has 1 N–H and O–H groups in total. The molecule has 0 amide bonds. The molecule has 0 atom stereocenters. The fraction of sp³-hybridized carbons (Fsp3) is 0.727. The van der Waals surface area contributed by atoms with Crippen molar-refractivity contribution in [1.29, 1.82) is 0 Å². The monoisotopic (exact) mass is 699 g/mol. The summed E-state index contributed by atoms with van der Waals surface area (Å²) < 4.78 is 27.4. The van der Waals surface area contributed by atoms with Crippen molar-refractivity contribution in [2.75, 3.05) is 0 Å². The van der Waals surface area contributed by atoms with Crippen LogP contribution in [0.3, 0.4) is 0 Å². The number of hydrogen-bond acceptors (Lipinski definition) is 3. The van der Waals surface area contributed by atoms with E-state index in [9.17, 15) is 9.46 Å². The normalized spacial score (nSPS) is 14.7. The van der Waals surface area contributed by atoms with E-state index in [0.29, 0.717) is 11.5 Å². The van der Waals surface area contributed by atoms with Gasteiger partial charge in [0.05, 0.1) is 0 Å². The minimum atomic E-state index is -4.73. The Hall–Kier alpha value is -1.77. The Morgan fingerprint density at radius 2 is 0.571 bits per heavy atom. The largest absolute Gasteiger partial charge is 0.584 e. The Balaban J connectivity index is 3.19. The molecule has 0 unspecified atom stereocenters. The van der Waals surface area contributed by atoms with E-state index in [1.54, 1.807) is 0 Å². The highest BCUT2D eigenvalue weighted by Crippen LogP contribution is 2.56. The van der Waals surface area contributed by atoms with Gasteiger partial charge in [-0.25, -0.2) is 4.57 Å². The van der Waals surface area contributed by atoms with Crippen LogP contribution >= 0.6 is 7.82 Å². The molecule has 2 aromatic rings. The molecule has 280 valence electrons. The summed E-state index contributed by atoms with van der Waals surface area (Å²) in [6.07, 6.45) is 0. The molecule has 0 radical (unpaired) electrons. The summed E-state index contributed by atoms with van der Waals surface area (Å²) in [5.41, 5.74) is 6.85. The summed E-state index contributed by atoms with van der Waals surface area (Å²) >= 11 is 0. The zero-order chi connectivity index (χ0) is 39.1. The first-order chi connectivity index (χ1) is 21.1. The van der Waals surface area contributed by atoms with Crippen LogP contribution in [0, 0.1) is 0 Å². The number of phosphoric acid groups is 1. The summed E-state index contributed by atoms with van der Waals surface area (Å²) in [4.78, 5) is 11.9. The smallest absolute Gasteiger partial charge is 0.395 e. The summed E-state index contributed by atoms with van der Waals surface area (Å²) in [5.74, 6) is 0.828. The number of rotatable bonds is 4. The van der Waals surface area contributed by atoms with Crippen molar-refractivity contribution in [3.63, 3.8) is 0 Å². The SMILES string of the molecule is CC(C)(C)c1cc(OP(=O)(O)Oc2cc(C(C)(C)C)c(C(C)(C)C)c(C(C)(C)C)c2C(C)(C)C)c(C(C)(C)C)c(C(C)(C)C)c1C(C)(C)C. The maximum absolute atomic E-state index is 14.6. The fourth-order valence-electron chi connectivity index (χ4n) is 7.46. The first-order valence-electron chi connectivity index (χ1n) is 18.3. The second kappa shape index (κ2) is 12.7. The minimum Gasteiger partial charge on any atom is -0.395 e. The van der Waals surface area contributed by atoms with Crippen molar-refractivity contribution in [2.45, 2.75) is 209 Å². The van der Waals surface area contributed by atoms with Crippen molar-refractivity contribution >= 4 is 7.82 Å². The number of hydrogen-bond donors (Lipinski definition) is 1. The minimum absolute atomic E-state index is 0.174. The molecule has 0 fully saturated rings. The highest BCUT2D eigenvalue weighted by molar-refractivity contribution is 7.48. The second-order valence-electron chi connectivity index (χ2n) is 22.7. The van der Waals surface area contributed by atoms with E-state index in [4.69, 9.17) is 9.05 Å². The third-order valence-corrected chi connectivity index (χ3v) is 9.98. The highest BCUT2D eigenvalue weighted by Gasteiger charge is 2.43. The van der Waals surface area contributed by atoms with Crippen LogP contribution in [0.15, 0.2) is 12.1 Å². The lowest BCUT2D eigenvalue weighted by Crippen LogP contribution is -2.33. The molecule has 4 nitrogen and oxygen atoms in total.